The fourth-order valence-corrected chi connectivity index (χ4v) is 4.26. The second-order valence-electron chi connectivity index (χ2n) is 5.17. The number of thioether (sulfide) groups is 1. The summed E-state index contributed by atoms with van der Waals surface area (Å²) in [5, 5.41) is 14.8. The molecule has 0 amide bonds. The smallest absolute Gasteiger partial charge is 0.0966 e. The Balaban J connectivity index is 1.83. The maximum Gasteiger partial charge on any atom is 0.0966 e. The van der Waals surface area contributed by atoms with E-state index in [4.69, 9.17) is 0 Å². The van der Waals surface area contributed by atoms with Crippen molar-refractivity contribution in [2.24, 2.45) is 0 Å². The molecule has 1 fully saturated rings. The minimum absolute atomic E-state index is 0.183. The Morgan fingerprint density at radius 3 is 3.00 bits per heavy atom. The van der Waals surface area contributed by atoms with Crippen LogP contribution >= 0.6 is 11.8 Å². The third-order valence-corrected chi connectivity index (χ3v) is 5.60. The lowest BCUT2D eigenvalue weighted by molar-refractivity contribution is 0.0123. The third-order valence-electron chi connectivity index (χ3n) is 4.17. The summed E-state index contributed by atoms with van der Waals surface area (Å²) in [5.41, 5.74) is 1.99. The van der Waals surface area contributed by atoms with Gasteiger partial charge in [0.25, 0.3) is 0 Å². The maximum atomic E-state index is 10.9. The van der Waals surface area contributed by atoms with Crippen molar-refractivity contribution < 1.29 is 5.11 Å². The lowest BCUT2D eigenvalue weighted by Gasteiger charge is -2.42. The SMILES string of the molecule is CC1SCCCC1(O)C1Cc2ccccc2N1. The van der Waals surface area contributed by atoms with Gasteiger partial charge in [0, 0.05) is 10.9 Å². The average Bonchev–Trinajstić information content (AvgIpc) is 2.77. The summed E-state index contributed by atoms with van der Waals surface area (Å²) < 4.78 is 0. The van der Waals surface area contributed by atoms with E-state index in [9.17, 15) is 5.11 Å². The van der Waals surface area contributed by atoms with Crippen molar-refractivity contribution in [1.82, 2.24) is 0 Å². The zero-order valence-corrected chi connectivity index (χ0v) is 11.0. The first kappa shape index (κ1) is 11.4. The van der Waals surface area contributed by atoms with Gasteiger partial charge in [0.05, 0.1) is 11.6 Å². The maximum absolute atomic E-state index is 10.9. The normalized spacial score (nSPS) is 36.4. The van der Waals surface area contributed by atoms with Crippen molar-refractivity contribution >= 4 is 17.4 Å². The highest BCUT2D eigenvalue weighted by molar-refractivity contribution is 8.00. The molecule has 0 bridgehead atoms. The number of hydrogen-bond donors (Lipinski definition) is 2. The van der Waals surface area contributed by atoms with E-state index in [0.29, 0.717) is 5.25 Å². The second-order valence-corrected chi connectivity index (χ2v) is 6.61. The van der Waals surface area contributed by atoms with E-state index in [0.717, 1.165) is 19.3 Å². The van der Waals surface area contributed by atoms with Crippen molar-refractivity contribution in [2.75, 3.05) is 11.1 Å². The first-order valence-electron chi connectivity index (χ1n) is 6.38. The molecule has 0 aromatic heterocycles. The van der Waals surface area contributed by atoms with Gasteiger partial charge in [0.15, 0.2) is 0 Å². The van der Waals surface area contributed by atoms with Gasteiger partial charge in [-0.1, -0.05) is 25.1 Å². The van der Waals surface area contributed by atoms with Crippen LogP contribution in [0.3, 0.4) is 0 Å². The highest BCUT2D eigenvalue weighted by Crippen LogP contribution is 2.41. The van der Waals surface area contributed by atoms with E-state index >= 15 is 0 Å². The van der Waals surface area contributed by atoms with Crippen LogP contribution in [0.15, 0.2) is 24.3 Å². The molecule has 92 valence electrons. The number of para-hydroxylation sites is 1. The summed E-state index contributed by atoms with van der Waals surface area (Å²) in [4.78, 5) is 0. The number of fused-ring (bicyclic) bond motifs is 1. The lowest BCUT2D eigenvalue weighted by Crippen LogP contribution is -2.54. The molecule has 2 N–H and O–H groups in total. The molecule has 1 aromatic rings. The van der Waals surface area contributed by atoms with Crippen LogP contribution in [0, 0.1) is 0 Å². The molecule has 3 atom stereocenters. The molecule has 1 aromatic carbocycles. The van der Waals surface area contributed by atoms with Crippen LogP contribution in [0.1, 0.15) is 25.3 Å². The predicted octanol–water partition coefficient (Wildman–Crippen LogP) is 2.67. The molecule has 17 heavy (non-hydrogen) atoms. The number of anilines is 1. The van der Waals surface area contributed by atoms with Crippen LogP contribution in [0.25, 0.3) is 0 Å². The highest BCUT2D eigenvalue weighted by atomic mass is 32.2. The van der Waals surface area contributed by atoms with E-state index in [-0.39, 0.29) is 6.04 Å². The monoisotopic (exact) mass is 249 g/mol. The van der Waals surface area contributed by atoms with Gasteiger partial charge >= 0.3 is 0 Å². The molecular weight excluding hydrogens is 230 g/mol. The zero-order valence-electron chi connectivity index (χ0n) is 10.1. The van der Waals surface area contributed by atoms with Crippen LogP contribution in [0.4, 0.5) is 5.69 Å². The number of benzene rings is 1. The minimum Gasteiger partial charge on any atom is -0.387 e. The fourth-order valence-electron chi connectivity index (χ4n) is 3.02. The van der Waals surface area contributed by atoms with Gasteiger partial charge in [-0.15, -0.1) is 0 Å². The Kier molecular flexibility index (Phi) is 2.83. The van der Waals surface area contributed by atoms with Gasteiger partial charge in [-0.3, -0.25) is 0 Å². The number of hydrogen-bond acceptors (Lipinski definition) is 3. The molecule has 3 rings (SSSR count). The van der Waals surface area contributed by atoms with Crippen molar-refractivity contribution in [3.63, 3.8) is 0 Å². The van der Waals surface area contributed by atoms with Crippen LogP contribution < -0.4 is 5.32 Å². The third kappa shape index (κ3) is 1.85. The Labute approximate surface area is 107 Å². The van der Waals surface area contributed by atoms with Gasteiger partial charge < -0.3 is 10.4 Å². The summed E-state index contributed by atoms with van der Waals surface area (Å²) in [6, 6.07) is 8.58. The molecule has 0 saturated carbocycles. The molecule has 0 aliphatic carbocycles. The highest BCUT2D eigenvalue weighted by Gasteiger charge is 2.45. The number of rotatable bonds is 1. The van der Waals surface area contributed by atoms with E-state index < -0.39 is 5.60 Å². The fraction of sp³-hybridized carbons (Fsp3) is 0.571. The molecule has 2 nitrogen and oxygen atoms in total. The Morgan fingerprint density at radius 1 is 1.41 bits per heavy atom. The molecule has 2 heterocycles. The van der Waals surface area contributed by atoms with Crippen molar-refractivity contribution in [3.8, 4) is 0 Å². The van der Waals surface area contributed by atoms with E-state index in [1.165, 1.54) is 17.0 Å². The Hall–Kier alpha value is -0.670. The summed E-state index contributed by atoms with van der Waals surface area (Å²) in [6.45, 7) is 2.16. The summed E-state index contributed by atoms with van der Waals surface area (Å²) in [7, 11) is 0. The van der Waals surface area contributed by atoms with E-state index in [1.54, 1.807) is 0 Å². The molecule has 0 radical (unpaired) electrons. The molecule has 2 aliphatic heterocycles. The molecular formula is C14H19NOS. The van der Waals surface area contributed by atoms with E-state index in [2.05, 4.69) is 36.5 Å². The quantitative estimate of drug-likeness (QED) is 0.802. The Bertz CT molecular complexity index is 397. The van der Waals surface area contributed by atoms with Crippen molar-refractivity contribution in [2.45, 2.75) is 43.1 Å². The topological polar surface area (TPSA) is 32.3 Å². The minimum atomic E-state index is -0.554. The van der Waals surface area contributed by atoms with Gasteiger partial charge in [-0.05, 0) is 36.6 Å². The number of nitrogens with one attached hydrogen (secondary N) is 1. The molecule has 3 unspecified atom stereocenters. The van der Waals surface area contributed by atoms with Crippen molar-refractivity contribution in [1.29, 1.82) is 0 Å². The van der Waals surface area contributed by atoms with Gasteiger partial charge in [-0.2, -0.15) is 11.8 Å². The van der Waals surface area contributed by atoms with Crippen LogP contribution in [0.5, 0.6) is 0 Å². The molecule has 2 aliphatic rings. The zero-order chi connectivity index (χ0) is 11.9. The summed E-state index contributed by atoms with van der Waals surface area (Å²) in [5.74, 6) is 1.18. The van der Waals surface area contributed by atoms with Crippen LogP contribution in [0.2, 0.25) is 0 Å². The molecule has 3 heteroatoms. The van der Waals surface area contributed by atoms with Gasteiger partial charge in [0.2, 0.25) is 0 Å². The first-order chi connectivity index (χ1) is 8.20. The summed E-state index contributed by atoms with van der Waals surface area (Å²) >= 11 is 1.90. The first-order valence-corrected chi connectivity index (χ1v) is 7.43. The number of aliphatic hydroxyl groups is 1. The second kappa shape index (κ2) is 4.21. The van der Waals surface area contributed by atoms with Gasteiger partial charge in [0.1, 0.15) is 0 Å². The average molecular weight is 249 g/mol. The van der Waals surface area contributed by atoms with Gasteiger partial charge in [-0.25, -0.2) is 0 Å². The molecule has 0 spiro atoms. The molecule has 1 saturated heterocycles. The van der Waals surface area contributed by atoms with E-state index in [1.807, 2.05) is 11.8 Å². The Morgan fingerprint density at radius 2 is 2.24 bits per heavy atom. The van der Waals surface area contributed by atoms with Crippen LogP contribution in [-0.2, 0) is 6.42 Å². The lowest BCUT2D eigenvalue weighted by atomic mass is 9.84. The standard InChI is InChI=1S/C14H19NOS/c1-10-14(16,7-4-8-17-10)13-9-11-5-2-3-6-12(11)15-13/h2-3,5-6,10,13,15-16H,4,7-9H2,1H3. The summed E-state index contributed by atoms with van der Waals surface area (Å²) in [6.07, 6.45) is 3.00. The van der Waals surface area contributed by atoms with Crippen molar-refractivity contribution in [3.05, 3.63) is 29.8 Å². The predicted molar refractivity (Wildman–Crippen MR) is 73.7 cm³/mol. The van der Waals surface area contributed by atoms with Crippen LogP contribution in [-0.4, -0.2) is 27.8 Å². The largest absolute Gasteiger partial charge is 0.387 e.